The van der Waals surface area contributed by atoms with Crippen molar-refractivity contribution in [3.05, 3.63) is 58.3 Å². The number of hydrogen-bond acceptors (Lipinski definition) is 3. The Kier molecular flexibility index (Phi) is 8.81. The van der Waals surface area contributed by atoms with Gasteiger partial charge in [-0.2, -0.15) is 0 Å². The van der Waals surface area contributed by atoms with Gasteiger partial charge in [-0.1, -0.05) is 36.4 Å². The number of nitrogens with zero attached hydrogens (tertiary/aromatic N) is 3. The first-order valence-electron chi connectivity index (χ1n) is 10.6. The number of thiophene rings is 1. The van der Waals surface area contributed by atoms with Crippen LogP contribution in [0.25, 0.3) is 0 Å². The third-order valence-electron chi connectivity index (χ3n) is 6.08. The monoisotopic (exact) mass is 524 g/mol. The summed E-state index contributed by atoms with van der Waals surface area (Å²) in [5.74, 6) is 2.41. The molecule has 3 heterocycles. The number of likely N-dealkylation sites (tertiary alicyclic amines) is 2. The predicted octanol–water partition coefficient (Wildman–Crippen LogP) is 4.64. The van der Waals surface area contributed by atoms with E-state index in [9.17, 15) is 0 Å². The first-order valence-corrected chi connectivity index (χ1v) is 11.4. The molecule has 0 spiro atoms. The summed E-state index contributed by atoms with van der Waals surface area (Å²) in [4.78, 5) is 11.1. The SMILES string of the molecule is CN=C(NCC1CCCN(Cc2cccs2)C1)N1CCC(c2ccccc2)C1.I. The quantitative estimate of drug-likeness (QED) is 0.351. The van der Waals surface area contributed by atoms with E-state index in [0.717, 1.165) is 32.1 Å². The molecule has 2 aliphatic rings. The summed E-state index contributed by atoms with van der Waals surface area (Å²) < 4.78 is 0. The van der Waals surface area contributed by atoms with Crippen LogP contribution in [-0.2, 0) is 6.54 Å². The molecule has 0 radical (unpaired) electrons. The van der Waals surface area contributed by atoms with Gasteiger partial charge in [-0.15, -0.1) is 35.3 Å². The van der Waals surface area contributed by atoms with Crippen LogP contribution in [0.4, 0.5) is 0 Å². The zero-order chi connectivity index (χ0) is 19.2. The average Bonchev–Trinajstić information content (AvgIpc) is 3.42. The summed E-state index contributed by atoms with van der Waals surface area (Å²) in [5, 5.41) is 5.87. The molecule has 0 bridgehead atoms. The fraction of sp³-hybridized carbons (Fsp3) is 0.522. The second-order valence-corrected chi connectivity index (χ2v) is 9.13. The lowest BCUT2D eigenvalue weighted by molar-refractivity contribution is 0.169. The van der Waals surface area contributed by atoms with E-state index >= 15 is 0 Å². The van der Waals surface area contributed by atoms with Gasteiger partial charge in [0.15, 0.2) is 5.96 Å². The van der Waals surface area contributed by atoms with Crippen molar-refractivity contribution in [2.24, 2.45) is 10.9 Å². The van der Waals surface area contributed by atoms with Gasteiger partial charge in [0.2, 0.25) is 0 Å². The number of benzene rings is 1. The zero-order valence-corrected chi connectivity index (χ0v) is 20.4. The van der Waals surface area contributed by atoms with E-state index in [1.165, 1.54) is 42.8 Å². The summed E-state index contributed by atoms with van der Waals surface area (Å²) in [6.07, 6.45) is 3.83. The minimum Gasteiger partial charge on any atom is -0.356 e. The normalized spacial score (nSPS) is 23.1. The van der Waals surface area contributed by atoms with Crippen molar-refractivity contribution < 1.29 is 0 Å². The van der Waals surface area contributed by atoms with Gasteiger partial charge in [0.05, 0.1) is 0 Å². The number of aliphatic imine (C=N–C) groups is 1. The number of guanidine groups is 1. The van der Waals surface area contributed by atoms with E-state index in [1.807, 2.05) is 18.4 Å². The van der Waals surface area contributed by atoms with Crippen molar-refractivity contribution in [1.82, 2.24) is 15.1 Å². The molecule has 6 heteroatoms. The first-order chi connectivity index (χ1) is 13.8. The molecule has 2 fully saturated rings. The second kappa shape index (κ2) is 11.3. The van der Waals surface area contributed by atoms with Gasteiger partial charge >= 0.3 is 0 Å². The van der Waals surface area contributed by atoms with Gasteiger partial charge in [-0.3, -0.25) is 9.89 Å². The van der Waals surface area contributed by atoms with Crippen molar-refractivity contribution in [3.8, 4) is 0 Å². The third kappa shape index (κ3) is 6.18. The van der Waals surface area contributed by atoms with E-state index < -0.39 is 0 Å². The molecule has 2 atom stereocenters. The Morgan fingerprint density at radius 1 is 1.10 bits per heavy atom. The standard InChI is InChI=1S/C23H32N4S.HI/c1-24-23(27-13-11-21(17-27)20-8-3-2-4-9-20)25-15-19-7-5-12-26(16-19)18-22-10-6-14-28-22;/h2-4,6,8-10,14,19,21H,5,7,11-13,15-18H2,1H3,(H,24,25);1H. The number of rotatable bonds is 5. The van der Waals surface area contributed by atoms with Crippen LogP contribution in [0.5, 0.6) is 0 Å². The van der Waals surface area contributed by atoms with Gasteiger partial charge in [0.1, 0.15) is 0 Å². The van der Waals surface area contributed by atoms with E-state index in [2.05, 4.69) is 68.0 Å². The maximum atomic E-state index is 4.58. The van der Waals surface area contributed by atoms with Crippen LogP contribution in [0.15, 0.2) is 52.8 Å². The van der Waals surface area contributed by atoms with Gasteiger partial charge in [-0.25, -0.2) is 0 Å². The van der Waals surface area contributed by atoms with Crippen LogP contribution >= 0.6 is 35.3 Å². The molecular formula is C23H33IN4S. The second-order valence-electron chi connectivity index (χ2n) is 8.09. The number of halogens is 1. The first kappa shape index (κ1) is 22.6. The lowest BCUT2D eigenvalue weighted by Gasteiger charge is -2.33. The number of nitrogens with one attached hydrogen (secondary N) is 1. The topological polar surface area (TPSA) is 30.9 Å². The van der Waals surface area contributed by atoms with Crippen LogP contribution in [-0.4, -0.2) is 55.5 Å². The Morgan fingerprint density at radius 3 is 2.72 bits per heavy atom. The zero-order valence-electron chi connectivity index (χ0n) is 17.3. The molecule has 2 saturated heterocycles. The fourth-order valence-corrected chi connectivity index (χ4v) is 5.35. The maximum Gasteiger partial charge on any atom is 0.193 e. The van der Waals surface area contributed by atoms with Gasteiger partial charge in [0, 0.05) is 50.6 Å². The smallest absolute Gasteiger partial charge is 0.193 e. The van der Waals surface area contributed by atoms with E-state index in [4.69, 9.17) is 0 Å². The summed E-state index contributed by atoms with van der Waals surface area (Å²) in [5.41, 5.74) is 1.46. The minimum absolute atomic E-state index is 0. The number of piperidine rings is 1. The molecule has 0 aliphatic carbocycles. The summed E-state index contributed by atoms with van der Waals surface area (Å²) in [6, 6.07) is 15.3. The van der Waals surface area contributed by atoms with Crippen molar-refractivity contribution in [2.75, 3.05) is 39.8 Å². The van der Waals surface area contributed by atoms with Gasteiger partial charge < -0.3 is 10.2 Å². The molecule has 2 aromatic rings. The van der Waals surface area contributed by atoms with Crippen molar-refractivity contribution in [2.45, 2.75) is 31.7 Å². The lowest BCUT2D eigenvalue weighted by Crippen LogP contribution is -2.45. The van der Waals surface area contributed by atoms with E-state index in [0.29, 0.717) is 11.8 Å². The Hall–Kier alpha value is -1.12. The molecule has 2 aliphatic heterocycles. The van der Waals surface area contributed by atoms with Crippen molar-refractivity contribution in [1.29, 1.82) is 0 Å². The highest BCUT2D eigenvalue weighted by Crippen LogP contribution is 2.27. The summed E-state index contributed by atoms with van der Waals surface area (Å²) >= 11 is 1.87. The molecule has 2 unspecified atom stereocenters. The van der Waals surface area contributed by atoms with Crippen LogP contribution in [0.3, 0.4) is 0 Å². The fourth-order valence-electron chi connectivity index (χ4n) is 4.60. The Labute approximate surface area is 196 Å². The predicted molar refractivity (Wildman–Crippen MR) is 134 cm³/mol. The van der Waals surface area contributed by atoms with Gasteiger partial charge in [0.25, 0.3) is 0 Å². The van der Waals surface area contributed by atoms with Gasteiger partial charge in [-0.05, 0) is 48.7 Å². The maximum absolute atomic E-state index is 4.58. The minimum atomic E-state index is 0. The Morgan fingerprint density at radius 2 is 1.97 bits per heavy atom. The van der Waals surface area contributed by atoms with E-state index in [1.54, 1.807) is 0 Å². The number of hydrogen-bond donors (Lipinski definition) is 1. The summed E-state index contributed by atoms with van der Waals surface area (Å²) in [7, 11) is 1.92. The van der Waals surface area contributed by atoms with Crippen LogP contribution in [0.2, 0.25) is 0 Å². The molecule has 1 aromatic carbocycles. The highest BCUT2D eigenvalue weighted by Gasteiger charge is 2.27. The average molecular weight is 525 g/mol. The summed E-state index contributed by atoms with van der Waals surface area (Å²) in [6.45, 7) is 6.71. The molecule has 4 rings (SSSR count). The Bertz CT molecular complexity index is 750. The molecule has 1 N–H and O–H groups in total. The Balaban J connectivity index is 0.00000240. The molecule has 158 valence electrons. The largest absolute Gasteiger partial charge is 0.356 e. The molecule has 1 aromatic heterocycles. The lowest BCUT2D eigenvalue weighted by atomic mass is 9.98. The third-order valence-corrected chi connectivity index (χ3v) is 6.94. The van der Waals surface area contributed by atoms with Crippen LogP contribution in [0, 0.1) is 5.92 Å². The van der Waals surface area contributed by atoms with Crippen LogP contribution in [0.1, 0.15) is 35.6 Å². The molecule has 29 heavy (non-hydrogen) atoms. The van der Waals surface area contributed by atoms with Crippen molar-refractivity contribution in [3.63, 3.8) is 0 Å². The molecule has 0 saturated carbocycles. The van der Waals surface area contributed by atoms with E-state index in [-0.39, 0.29) is 24.0 Å². The molecule has 4 nitrogen and oxygen atoms in total. The molecule has 0 amide bonds. The molecular weight excluding hydrogens is 491 g/mol. The van der Waals surface area contributed by atoms with Crippen molar-refractivity contribution >= 4 is 41.3 Å². The highest BCUT2D eigenvalue weighted by atomic mass is 127. The highest BCUT2D eigenvalue weighted by molar-refractivity contribution is 14.0. The van der Waals surface area contributed by atoms with Crippen LogP contribution < -0.4 is 5.32 Å².